The van der Waals surface area contributed by atoms with Gasteiger partial charge in [0.05, 0.1) is 6.04 Å². The Morgan fingerprint density at radius 2 is 2.43 bits per heavy atom. The van der Waals surface area contributed by atoms with Crippen molar-refractivity contribution in [2.45, 2.75) is 19.4 Å². The lowest BCUT2D eigenvalue weighted by Gasteiger charge is -2.08. The van der Waals surface area contributed by atoms with Crippen LogP contribution in [0.5, 0.6) is 0 Å². The standard InChI is InChI=1S/C8H12N4O2/c1-2-5(9)8(14)10-6-3-4-7(13)12-11-6/h3-5H,2,9H2,1H3,(H,12,13)(H,10,11,14). The molecule has 14 heavy (non-hydrogen) atoms. The summed E-state index contributed by atoms with van der Waals surface area (Å²) in [5.74, 6) is -0.0226. The Morgan fingerprint density at radius 1 is 1.71 bits per heavy atom. The van der Waals surface area contributed by atoms with Crippen LogP contribution in [0, 0.1) is 0 Å². The second-order valence-electron chi connectivity index (χ2n) is 2.81. The Morgan fingerprint density at radius 3 is 2.93 bits per heavy atom. The van der Waals surface area contributed by atoms with Crippen molar-refractivity contribution in [1.82, 2.24) is 10.2 Å². The van der Waals surface area contributed by atoms with Gasteiger partial charge in [0.1, 0.15) is 0 Å². The number of H-pyrrole nitrogens is 1. The summed E-state index contributed by atoms with van der Waals surface area (Å²) < 4.78 is 0. The highest BCUT2D eigenvalue weighted by atomic mass is 16.2. The van der Waals surface area contributed by atoms with Gasteiger partial charge >= 0.3 is 0 Å². The van der Waals surface area contributed by atoms with Crippen molar-refractivity contribution in [3.63, 3.8) is 0 Å². The molecule has 6 nitrogen and oxygen atoms in total. The molecule has 0 aliphatic carbocycles. The smallest absolute Gasteiger partial charge is 0.264 e. The van der Waals surface area contributed by atoms with Gasteiger partial charge in [0, 0.05) is 6.07 Å². The first-order valence-corrected chi connectivity index (χ1v) is 4.25. The van der Waals surface area contributed by atoms with Crippen LogP contribution in [-0.4, -0.2) is 22.1 Å². The number of anilines is 1. The van der Waals surface area contributed by atoms with Crippen LogP contribution in [-0.2, 0) is 4.79 Å². The molecule has 6 heteroatoms. The Hall–Kier alpha value is -1.69. The lowest BCUT2D eigenvalue weighted by molar-refractivity contribution is -0.117. The Bertz CT molecular complexity index is 353. The summed E-state index contributed by atoms with van der Waals surface area (Å²) in [6.45, 7) is 1.81. The SMILES string of the molecule is CCC(N)C(=O)Nc1ccc(=O)[nH]n1. The fourth-order valence-corrected chi connectivity index (χ4v) is 0.818. The Kier molecular flexibility index (Phi) is 3.35. The number of hydrogen-bond acceptors (Lipinski definition) is 4. The van der Waals surface area contributed by atoms with E-state index in [0.717, 1.165) is 0 Å². The summed E-state index contributed by atoms with van der Waals surface area (Å²) >= 11 is 0. The molecule has 4 N–H and O–H groups in total. The monoisotopic (exact) mass is 196 g/mol. The first-order chi connectivity index (χ1) is 6.63. The molecule has 1 atom stereocenters. The molecule has 1 rings (SSSR count). The maximum absolute atomic E-state index is 11.3. The van der Waals surface area contributed by atoms with Gasteiger partial charge in [0.25, 0.3) is 5.56 Å². The molecule has 0 aliphatic rings. The van der Waals surface area contributed by atoms with E-state index in [2.05, 4.69) is 15.5 Å². The number of nitrogens with one attached hydrogen (secondary N) is 2. The van der Waals surface area contributed by atoms with Crippen molar-refractivity contribution in [2.24, 2.45) is 5.73 Å². The predicted molar refractivity (Wildman–Crippen MR) is 51.8 cm³/mol. The largest absolute Gasteiger partial charge is 0.320 e. The van der Waals surface area contributed by atoms with E-state index < -0.39 is 6.04 Å². The highest BCUT2D eigenvalue weighted by Gasteiger charge is 2.11. The summed E-state index contributed by atoms with van der Waals surface area (Å²) in [4.78, 5) is 21.9. The van der Waals surface area contributed by atoms with Gasteiger partial charge in [-0.3, -0.25) is 9.59 Å². The first kappa shape index (κ1) is 10.4. The molecule has 1 aromatic rings. The second-order valence-corrected chi connectivity index (χ2v) is 2.81. The summed E-state index contributed by atoms with van der Waals surface area (Å²) in [6, 6.07) is 2.14. The minimum Gasteiger partial charge on any atom is -0.320 e. The zero-order valence-electron chi connectivity index (χ0n) is 7.78. The predicted octanol–water partition coefficient (Wildman–Crippen LogP) is -0.554. The lowest BCUT2D eigenvalue weighted by Crippen LogP contribution is -2.35. The topological polar surface area (TPSA) is 101 Å². The third-order valence-electron chi connectivity index (χ3n) is 1.71. The normalized spacial score (nSPS) is 12.1. The molecule has 0 bridgehead atoms. The van der Waals surface area contributed by atoms with E-state index in [1.807, 2.05) is 6.92 Å². The Labute approximate surface area is 80.5 Å². The van der Waals surface area contributed by atoms with Gasteiger partial charge in [-0.15, -0.1) is 0 Å². The van der Waals surface area contributed by atoms with Crippen molar-refractivity contribution >= 4 is 11.7 Å². The van der Waals surface area contributed by atoms with Crippen molar-refractivity contribution in [3.05, 3.63) is 22.5 Å². The molecule has 1 heterocycles. The maximum Gasteiger partial charge on any atom is 0.264 e. The number of nitrogens with two attached hydrogens (primary N) is 1. The van der Waals surface area contributed by atoms with Gasteiger partial charge in [-0.05, 0) is 12.5 Å². The number of rotatable bonds is 3. The van der Waals surface area contributed by atoms with Crippen LogP contribution in [0.4, 0.5) is 5.82 Å². The molecule has 0 saturated heterocycles. The summed E-state index contributed by atoms with van der Waals surface area (Å²) in [6.07, 6.45) is 0.551. The number of carbonyl (C=O) groups excluding carboxylic acids is 1. The van der Waals surface area contributed by atoms with Gasteiger partial charge in [0.2, 0.25) is 5.91 Å². The van der Waals surface area contributed by atoms with Crippen molar-refractivity contribution in [3.8, 4) is 0 Å². The fourth-order valence-electron chi connectivity index (χ4n) is 0.818. The van der Waals surface area contributed by atoms with E-state index in [4.69, 9.17) is 5.73 Å². The van der Waals surface area contributed by atoms with Crippen LogP contribution in [0.3, 0.4) is 0 Å². The average Bonchev–Trinajstić information content (AvgIpc) is 2.20. The molecular formula is C8H12N4O2. The maximum atomic E-state index is 11.3. The molecule has 0 fully saturated rings. The minimum absolute atomic E-state index is 0.290. The van der Waals surface area contributed by atoms with Crippen LogP contribution >= 0.6 is 0 Å². The molecule has 0 spiro atoms. The van der Waals surface area contributed by atoms with E-state index in [-0.39, 0.29) is 11.5 Å². The van der Waals surface area contributed by atoms with Crippen molar-refractivity contribution in [2.75, 3.05) is 5.32 Å². The van der Waals surface area contributed by atoms with Gasteiger partial charge < -0.3 is 11.1 Å². The van der Waals surface area contributed by atoms with Crippen LogP contribution in [0.1, 0.15) is 13.3 Å². The second kappa shape index (κ2) is 4.52. The van der Waals surface area contributed by atoms with Crippen LogP contribution < -0.4 is 16.6 Å². The summed E-state index contributed by atoms with van der Waals surface area (Å²) in [7, 11) is 0. The van der Waals surface area contributed by atoms with E-state index in [0.29, 0.717) is 12.2 Å². The minimum atomic E-state index is -0.552. The quantitative estimate of drug-likeness (QED) is 0.603. The zero-order chi connectivity index (χ0) is 10.6. The molecule has 76 valence electrons. The molecular weight excluding hydrogens is 184 g/mol. The number of nitrogens with zero attached hydrogens (tertiary/aromatic N) is 1. The molecule has 1 aromatic heterocycles. The molecule has 0 aromatic carbocycles. The Balaban J connectivity index is 2.65. The number of hydrogen-bond donors (Lipinski definition) is 3. The van der Waals surface area contributed by atoms with E-state index in [9.17, 15) is 9.59 Å². The molecule has 0 saturated carbocycles. The number of amides is 1. The van der Waals surface area contributed by atoms with Crippen molar-refractivity contribution < 1.29 is 4.79 Å². The van der Waals surface area contributed by atoms with E-state index >= 15 is 0 Å². The van der Waals surface area contributed by atoms with Crippen molar-refractivity contribution in [1.29, 1.82) is 0 Å². The number of aromatic nitrogens is 2. The zero-order valence-corrected chi connectivity index (χ0v) is 7.78. The molecule has 0 radical (unpaired) electrons. The molecule has 1 unspecified atom stereocenters. The highest BCUT2D eigenvalue weighted by Crippen LogP contribution is 1.98. The summed E-state index contributed by atoms with van der Waals surface area (Å²) in [5.41, 5.74) is 5.17. The number of aromatic amines is 1. The van der Waals surface area contributed by atoms with Gasteiger partial charge in [0.15, 0.2) is 5.82 Å². The highest BCUT2D eigenvalue weighted by molar-refractivity contribution is 5.93. The fraction of sp³-hybridized carbons (Fsp3) is 0.375. The first-order valence-electron chi connectivity index (χ1n) is 4.25. The third-order valence-corrected chi connectivity index (χ3v) is 1.71. The average molecular weight is 196 g/mol. The van der Waals surface area contributed by atoms with Gasteiger partial charge in [-0.2, -0.15) is 5.10 Å². The molecule has 1 amide bonds. The van der Waals surface area contributed by atoms with E-state index in [1.54, 1.807) is 0 Å². The van der Waals surface area contributed by atoms with E-state index in [1.165, 1.54) is 12.1 Å². The molecule has 0 aliphatic heterocycles. The number of carbonyl (C=O) groups is 1. The third kappa shape index (κ3) is 2.67. The van der Waals surface area contributed by atoms with Crippen LogP contribution in [0.2, 0.25) is 0 Å². The van der Waals surface area contributed by atoms with Gasteiger partial charge in [-0.1, -0.05) is 6.92 Å². The lowest BCUT2D eigenvalue weighted by atomic mass is 10.2. The van der Waals surface area contributed by atoms with Crippen LogP contribution in [0.25, 0.3) is 0 Å². The summed E-state index contributed by atoms with van der Waals surface area (Å²) in [5, 5.41) is 8.29. The van der Waals surface area contributed by atoms with Gasteiger partial charge in [-0.25, -0.2) is 5.10 Å². The van der Waals surface area contributed by atoms with Crippen LogP contribution in [0.15, 0.2) is 16.9 Å².